The molecular weight excluding hydrogens is 885 g/mol. The van der Waals surface area contributed by atoms with E-state index in [4.69, 9.17) is 0 Å². The second-order valence-electron chi connectivity index (χ2n) is 19.0. The van der Waals surface area contributed by atoms with Gasteiger partial charge in [-0.3, -0.25) is 0 Å². The van der Waals surface area contributed by atoms with Gasteiger partial charge in [0, 0.05) is 17.1 Å². The molecule has 71 heavy (non-hydrogen) atoms. The van der Waals surface area contributed by atoms with Crippen LogP contribution in [0.25, 0.3) is 0 Å². The number of hydrogen-bond acceptors (Lipinski definition) is 1. The highest BCUT2D eigenvalue weighted by Crippen LogP contribution is 2.36. The molecule has 332 valence electrons. The summed E-state index contributed by atoms with van der Waals surface area (Å²) in [6.45, 7) is 0.0874. The van der Waals surface area contributed by atoms with Crippen LogP contribution in [0.4, 0.5) is 17.1 Å². The Bertz CT molecular complexity index is 3240. The van der Waals surface area contributed by atoms with Crippen LogP contribution in [-0.4, -0.2) is 29.6 Å². The van der Waals surface area contributed by atoms with Crippen LogP contribution in [0.3, 0.4) is 0 Å². The van der Waals surface area contributed by atoms with E-state index in [1.54, 1.807) is 0 Å². The molecule has 0 radical (unpaired) electrons. The summed E-state index contributed by atoms with van der Waals surface area (Å²) in [4.78, 5) is 2.58. The quantitative estimate of drug-likeness (QED) is 0.128. The molecule has 0 fully saturated rings. The maximum atomic E-state index is 2.58. The average Bonchev–Trinajstić information content (AvgIpc) is 3.45. The number of benzene rings is 11. The van der Waals surface area contributed by atoms with Crippen molar-refractivity contribution in [2.75, 3.05) is 4.90 Å². The molecule has 11 aromatic rings. The van der Waals surface area contributed by atoms with Crippen LogP contribution in [0.2, 0.25) is 0 Å². The van der Waals surface area contributed by atoms with E-state index >= 15 is 0 Å². The number of rotatable bonds is 10. The van der Waals surface area contributed by atoms with Crippen molar-refractivity contribution < 1.29 is 0 Å². The average molecular weight is 934 g/mol. The lowest BCUT2D eigenvalue weighted by atomic mass is 9.20. The first kappa shape index (κ1) is 42.9. The fourth-order valence-electron chi connectivity index (χ4n) is 12.7. The van der Waals surface area contributed by atoms with Crippen LogP contribution in [-0.2, 0) is 0 Å². The molecule has 0 bridgehead atoms. The number of anilines is 3. The molecule has 11 aromatic carbocycles. The number of fused-ring (bicyclic) bond motifs is 4. The minimum Gasteiger partial charge on any atom is -0.312 e. The zero-order chi connectivity index (χ0) is 47.2. The number of nitrogens with zero attached hydrogens (tertiary/aromatic N) is 1. The Morgan fingerprint density at radius 2 is 0.577 bits per heavy atom. The molecule has 0 amide bonds. The van der Waals surface area contributed by atoms with Crippen molar-refractivity contribution in [3.63, 3.8) is 0 Å². The maximum Gasteiger partial charge on any atom is 0.245 e. The standard InChI is InChI=1S/C66H49B2NSi2/c1-7-28-52(29-8-1)70(53-30-9-2-10-31-53,54-32-11-3-12-33-54)58-40-23-26-50(48-58)67-60-42-19-20-43-61(60)68-62-44-21-22-46-64(62)69(65-47-25-45-63(67)66(65)68)51-27-24-41-59(49-51)71(55-34-13-4-14-35-55,56-36-15-5-16-37-56)57-38-17-6-18-39-57/h1-49H. The molecule has 0 spiro atoms. The van der Waals surface area contributed by atoms with Gasteiger partial charge >= 0.3 is 0 Å². The summed E-state index contributed by atoms with van der Waals surface area (Å²) < 4.78 is 0. The van der Waals surface area contributed by atoms with E-state index in [0.717, 1.165) is 0 Å². The van der Waals surface area contributed by atoms with E-state index < -0.39 is 16.1 Å². The van der Waals surface area contributed by atoms with Crippen LogP contribution in [0.15, 0.2) is 297 Å². The number of para-hydroxylation sites is 1. The highest BCUT2D eigenvalue weighted by molar-refractivity contribution is 7.21. The molecule has 0 aliphatic carbocycles. The topological polar surface area (TPSA) is 3.24 Å². The van der Waals surface area contributed by atoms with Gasteiger partial charge < -0.3 is 4.90 Å². The van der Waals surface area contributed by atoms with Gasteiger partial charge in [0.1, 0.15) is 0 Å². The van der Waals surface area contributed by atoms with Gasteiger partial charge in [0.15, 0.2) is 16.1 Å². The minimum absolute atomic E-state index is 0.0131. The molecule has 13 rings (SSSR count). The lowest BCUT2D eigenvalue weighted by Gasteiger charge is -2.42. The third kappa shape index (κ3) is 6.83. The Labute approximate surface area is 420 Å². The van der Waals surface area contributed by atoms with E-state index in [-0.39, 0.29) is 13.4 Å². The predicted octanol–water partition coefficient (Wildman–Crippen LogP) is 5.57. The van der Waals surface area contributed by atoms with Gasteiger partial charge in [-0.1, -0.05) is 295 Å². The molecule has 2 aliphatic heterocycles. The molecule has 0 saturated heterocycles. The van der Waals surface area contributed by atoms with Crippen molar-refractivity contribution in [1.29, 1.82) is 0 Å². The van der Waals surface area contributed by atoms with Crippen molar-refractivity contribution in [2.45, 2.75) is 0 Å². The Balaban J connectivity index is 1.03. The van der Waals surface area contributed by atoms with E-state index in [0.29, 0.717) is 0 Å². The van der Waals surface area contributed by atoms with Crippen LogP contribution in [0, 0.1) is 0 Å². The summed E-state index contributed by atoms with van der Waals surface area (Å²) in [5.74, 6) is 0. The first-order valence-electron chi connectivity index (χ1n) is 24.9. The normalized spacial score (nSPS) is 12.7. The maximum absolute atomic E-state index is 2.82. The van der Waals surface area contributed by atoms with E-state index in [1.165, 1.54) is 91.3 Å². The third-order valence-corrected chi connectivity index (χ3v) is 25.0. The van der Waals surface area contributed by atoms with Crippen molar-refractivity contribution in [3.05, 3.63) is 297 Å². The van der Waals surface area contributed by atoms with Crippen LogP contribution < -0.4 is 79.2 Å². The second kappa shape index (κ2) is 17.9. The Morgan fingerprint density at radius 3 is 1.06 bits per heavy atom. The van der Waals surface area contributed by atoms with Gasteiger partial charge in [-0.15, -0.1) is 0 Å². The summed E-state index contributed by atoms with van der Waals surface area (Å²) in [5.41, 5.74) is 11.8. The lowest BCUT2D eigenvalue weighted by Crippen LogP contribution is -2.77. The smallest absolute Gasteiger partial charge is 0.245 e. The minimum atomic E-state index is -2.82. The highest BCUT2D eigenvalue weighted by atomic mass is 28.3. The first-order chi connectivity index (χ1) is 35.3. The summed E-state index contributed by atoms with van der Waals surface area (Å²) >= 11 is 0. The largest absolute Gasteiger partial charge is 0.312 e. The SMILES string of the molecule is c1ccc([Si](c2ccccc2)(c2ccccc2)c2cccc(B3c4ccccc4B4c5ccccc5N(c5cccc([Si](c6ccccc6)(c6ccccc6)c6ccccc6)c5)c5cccc3c54)c2)cc1. The molecule has 0 atom stereocenters. The van der Waals surface area contributed by atoms with Crippen molar-refractivity contribution in [2.24, 2.45) is 0 Å². The Morgan fingerprint density at radius 1 is 0.239 bits per heavy atom. The Kier molecular flexibility index (Phi) is 10.8. The van der Waals surface area contributed by atoms with Gasteiger partial charge in [-0.25, -0.2) is 0 Å². The lowest BCUT2D eigenvalue weighted by molar-refractivity contribution is 1.30. The van der Waals surface area contributed by atoms with E-state index in [2.05, 4.69) is 302 Å². The molecule has 5 heteroatoms. The van der Waals surface area contributed by atoms with Gasteiger partial charge in [-0.2, -0.15) is 0 Å². The van der Waals surface area contributed by atoms with Crippen LogP contribution >= 0.6 is 0 Å². The molecule has 2 heterocycles. The van der Waals surface area contributed by atoms with Crippen molar-refractivity contribution in [1.82, 2.24) is 0 Å². The highest BCUT2D eigenvalue weighted by Gasteiger charge is 2.47. The summed E-state index contributed by atoms with van der Waals surface area (Å²) in [5, 5.41) is 11.0. The van der Waals surface area contributed by atoms with Crippen molar-refractivity contribution >= 4 is 121 Å². The first-order valence-corrected chi connectivity index (χ1v) is 28.9. The van der Waals surface area contributed by atoms with E-state index in [1.807, 2.05) is 0 Å². The van der Waals surface area contributed by atoms with Gasteiger partial charge in [0.2, 0.25) is 13.4 Å². The fraction of sp³-hybridized carbons (Fsp3) is 0. The van der Waals surface area contributed by atoms with Crippen molar-refractivity contribution in [3.8, 4) is 0 Å². The number of hydrogen-bond donors (Lipinski definition) is 0. The summed E-state index contributed by atoms with van der Waals surface area (Å²) in [7, 11) is -5.62. The molecular formula is C66H49B2NSi2. The molecule has 0 saturated carbocycles. The summed E-state index contributed by atoms with van der Waals surface area (Å²) in [6.07, 6.45) is 0. The van der Waals surface area contributed by atoms with Gasteiger partial charge in [-0.05, 0) is 76.7 Å². The molecule has 0 aromatic heterocycles. The van der Waals surface area contributed by atoms with Gasteiger partial charge in [0.25, 0.3) is 0 Å². The summed E-state index contributed by atoms with van der Waals surface area (Å²) in [6, 6.07) is 113. The zero-order valence-corrected chi connectivity index (χ0v) is 41.4. The fourth-order valence-corrected chi connectivity index (χ4v) is 22.3. The molecule has 0 unspecified atom stereocenters. The van der Waals surface area contributed by atoms with Crippen LogP contribution in [0.5, 0.6) is 0 Å². The third-order valence-electron chi connectivity index (χ3n) is 15.5. The van der Waals surface area contributed by atoms with Crippen LogP contribution in [0.1, 0.15) is 0 Å². The molecule has 0 N–H and O–H groups in total. The monoisotopic (exact) mass is 933 g/mol. The zero-order valence-electron chi connectivity index (χ0n) is 39.4. The molecule has 1 nitrogen and oxygen atoms in total. The van der Waals surface area contributed by atoms with Gasteiger partial charge in [0.05, 0.1) is 0 Å². The predicted molar refractivity (Wildman–Crippen MR) is 311 cm³/mol. The Hall–Kier alpha value is -8.22. The second-order valence-corrected chi connectivity index (χ2v) is 26.7. The molecule has 2 aliphatic rings. The van der Waals surface area contributed by atoms with E-state index in [9.17, 15) is 0 Å².